The summed E-state index contributed by atoms with van der Waals surface area (Å²) < 4.78 is 12.7. The lowest BCUT2D eigenvalue weighted by Gasteiger charge is -2.23. The molecule has 0 fully saturated rings. The molecule has 3 nitrogen and oxygen atoms in total. The summed E-state index contributed by atoms with van der Waals surface area (Å²) in [5.41, 5.74) is 0.641. The second-order valence-corrected chi connectivity index (χ2v) is 6.32. The molecule has 0 amide bonds. The van der Waals surface area contributed by atoms with Gasteiger partial charge in [-0.3, -0.25) is 0 Å². The van der Waals surface area contributed by atoms with E-state index >= 15 is 0 Å². The molecule has 0 spiro atoms. The van der Waals surface area contributed by atoms with E-state index in [1.165, 1.54) is 0 Å². The molecule has 0 heterocycles. The summed E-state index contributed by atoms with van der Waals surface area (Å²) in [6.07, 6.45) is 0.796. The van der Waals surface area contributed by atoms with Gasteiger partial charge in [-0.25, -0.2) is 0 Å². The average Bonchev–Trinajstić information content (AvgIpc) is 2.32. The number of hydrogen-bond donors (Lipinski definition) is 1. The van der Waals surface area contributed by atoms with Gasteiger partial charge in [0.25, 0.3) is 0 Å². The van der Waals surface area contributed by atoms with Crippen LogP contribution in [0.15, 0.2) is 21.1 Å². The van der Waals surface area contributed by atoms with Gasteiger partial charge in [0.2, 0.25) is 0 Å². The number of methoxy groups -OCH3 is 1. The third-order valence-corrected chi connectivity index (χ3v) is 3.92. The molecule has 1 aromatic carbocycles. The summed E-state index contributed by atoms with van der Waals surface area (Å²) in [7, 11) is 1.70. The Balaban J connectivity index is 2.68. The van der Waals surface area contributed by atoms with Crippen molar-refractivity contribution in [2.24, 2.45) is 0 Å². The van der Waals surface area contributed by atoms with Crippen LogP contribution < -0.4 is 4.74 Å². The van der Waals surface area contributed by atoms with E-state index in [0.29, 0.717) is 6.61 Å². The maximum absolute atomic E-state index is 9.09. The lowest BCUT2D eigenvalue weighted by atomic mass is 10.1. The van der Waals surface area contributed by atoms with Crippen LogP contribution in [0.5, 0.6) is 5.75 Å². The van der Waals surface area contributed by atoms with Crippen molar-refractivity contribution >= 4 is 31.9 Å². The largest absolute Gasteiger partial charge is 0.491 e. The third-order valence-electron chi connectivity index (χ3n) is 2.74. The summed E-state index contributed by atoms with van der Waals surface area (Å²) in [5, 5.41) is 9.09. The summed E-state index contributed by atoms with van der Waals surface area (Å²) in [4.78, 5) is 0. The Morgan fingerprint density at radius 2 is 1.78 bits per heavy atom. The van der Waals surface area contributed by atoms with Crippen molar-refractivity contribution in [1.82, 2.24) is 0 Å². The zero-order chi connectivity index (χ0) is 13.8. The highest BCUT2D eigenvalue weighted by atomic mass is 79.9. The first-order valence-corrected chi connectivity index (χ1v) is 7.25. The van der Waals surface area contributed by atoms with Crippen molar-refractivity contribution in [3.63, 3.8) is 0 Å². The van der Waals surface area contributed by atoms with Gasteiger partial charge >= 0.3 is 0 Å². The molecule has 1 aromatic rings. The Morgan fingerprint density at radius 1 is 1.22 bits per heavy atom. The highest BCUT2D eigenvalue weighted by Gasteiger charge is 2.17. The van der Waals surface area contributed by atoms with E-state index in [2.05, 4.69) is 31.9 Å². The Labute approximate surface area is 125 Å². The highest BCUT2D eigenvalue weighted by molar-refractivity contribution is 9.11. The van der Waals surface area contributed by atoms with E-state index in [1.54, 1.807) is 7.11 Å². The first-order valence-electron chi connectivity index (χ1n) is 5.66. The number of aliphatic hydroxyl groups is 1. The lowest BCUT2D eigenvalue weighted by molar-refractivity contribution is 0.00533. The minimum Gasteiger partial charge on any atom is -0.491 e. The molecular formula is C13H18Br2O3. The van der Waals surface area contributed by atoms with Crippen LogP contribution in [-0.2, 0) is 11.3 Å². The second-order valence-electron chi connectivity index (χ2n) is 4.61. The molecule has 102 valence electrons. The monoisotopic (exact) mass is 380 g/mol. The van der Waals surface area contributed by atoms with E-state index in [4.69, 9.17) is 14.6 Å². The quantitative estimate of drug-likeness (QED) is 0.812. The number of hydrogen-bond acceptors (Lipinski definition) is 3. The molecule has 18 heavy (non-hydrogen) atoms. The standard InChI is InChI=1S/C13H18Br2O3/c1-13(2,17-3)4-5-18-12-10(14)6-9(8-16)7-11(12)15/h6-7,16H,4-5,8H2,1-3H3. The zero-order valence-electron chi connectivity index (χ0n) is 10.8. The minimum absolute atomic E-state index is 0.00812. The first-order chi connectivity index (χ1) is 8.39. The van der Waals surface area contributed by atoms with Crippen LogP contribution in [0, 0.1) is 0 Å². The average molecular weight is 382 g/mol. The van der Waals surface area contributed by atoms with Gasteiger partial charge in [-0.15, -0.1) is 0 Å². The summed E-state index contributed by atoms with van der Waals surface area (Å²) in [6, 6.07) is 3.70. The van der Waals surface area contributed by atoms with Crippen molar-refractivity contribution in [3.05, 3.63) is 26.6 Å². The lowest BCUT2D eigenvalue weighted by Crippen LogP contribution is -2.25. The van der Waals surface area contributed by atoms with Gasteiger partial charge < -0.3 is 14.6 Å². The molecule has 1 N–H and O–H groups in total. The van der Waals surface area contributed by atoms with Gasteiger partial charge in [0.15, 0.2) is 0 Å². The topological polar surface area (TPSA) is 38.7 Å². The second kappa shape index (κ2) is 6.89. The summed E-state index contributed by atoms with van der Waals surface area (Å²) in [6.45, 7) is 4.62. The predicted molar refractivity (Wildman–Crippen MR) is 79.0 cm³/mol. The summed E-state index contributed by atoms with van der Waals surface area (Å²) >= 11 is 6.88. The molecule has 0 bridgehead atoms. The van der Waals surface area contributed by atoms with Gasteiger partial charge in [0, 0.05) is 13.5 Å². The molecule has 0 unspecified atom stereocenters. The Bertz CT molecular complexity index is 382. The van der Waals surface area contributed by atoms with Crippen LogP contribution in [0.1, 0.15) is 25.8 Å². The number of rotatable bonds is 6. The van der Waals surface area contributed by atoms with E-state index in [1.807, 2.05) is 26.0 Å². The molecule has 0 aliphatic rings. The Hall–Kier alpha value is -0.100. The number of ether oxygens (including phenoxy) is 2. The SMILES string of the molecule is COC(C)(C)CCOc1c(Br)cc(CO)cc1Br. The van der Waals surface area contributed by atoms with Crippen LogP contribution in [-0.4, -0.2) is 24.4 Å². The van der Waals surface area contributed by atoms with Gasteiger partial charge in [0.05, 0.1) is 27.8 Å². The Morgan fingerprint density at radius 3 is 2.22 bits per heavy atom. The van der Waals surface area contributed by atoms with Crippen LogP contribution in [0.25, 0.3) is 0 Å². The number of benzene rings is 1. The maximum atomic E-state index is 9.09. The molecule has 0 aliphatic heterocycles. The molecule has 0 aromatic heterocycles. The fourth-order valence-corrected chi connectivity index (χ4v) is 2.85. The van der Waals surface area contributed by atoms with E-state index in [-0.39, 0.29) is 12.2 Å². The van der Waals surface area contributed by atoms with E-state index < -0.39 is 0 Å². The van der Waals surface area contributed by atoms with Crippen molar-refractivity contribution in [2.45, 2.75) is 32.5 Å². The van der Waals surface area contributed by atoms with Crippen LogP contribution in [0.4, 0.5) is 0 Å². The highest BCUT2D eigenvalue weighted by Crippen LogP contribution is 2.35. The van der Waals surface area contributed by atoms with Gasteiger partial charge in [-0.1, -0.05) is 0 Å². The Kier molecular flexibility index (Phi) is 6.11. The van der Waals surface area contributed by atoms with E-state index in [9.17, 15) is 0 Å². The molecule has 0 atom stereocenters. The molecule has 0 saturated heterocycles. The van der Waals surface area contributed by atoms with Gasteiger partial charge in [-0.2, -0.15) is 0 Å². The van der Waals surface area contributed by atoms with Crippen molar-refractivity contribution in [2.75, 3.05) is 13.7 Å². The molecule has 0 saturated carbocycles. The molecular weight excluding hydrogens is 364 g/mol. The predicted octanol–water partition coefficient (Wildman–Crippen LogP) is 3.90. The van der Waals surface area contributed by atoms with Gasteiger partial charge in [-0.05, 0) is 63.4 Å². The molecule has 1 rings (SSSR count). The number of halogens is 2. The number of aliphatic hydroxyl groups excluding tert-OH is 1. The smallest absolute Gasteiger partial charge is 0.147 e. The van der Waals surface area contributed by atoms with Crippen molar-refractivity contribution in [3.8, 4) is 5.75 Å². The van der Waals surface area contributed by atoms with E-state index in [0.717, 1.165) is 26.7 Å². The first kappa shape index (κ1) is 16.0. The van der Waals surface area contributed by atoms with Gasteiger partial charge in [0.1, 0.15) is 5.75 Å². The molecule has 0 radical (unpaired) electrons. The fraction of sp³-hybridized carbons (Fsp3) is 0.538. The molecule has 5 heteroatoms. The third kappa shape index (κ3) is 4.53. The van der Waals surface area contributed by atoms with Crippen LogP contribution >= 0.6 is 31.9 Å². The summed E-state index contributed by atoms with van der Waals surface area (Å²) in [5.74, 6) is 0.749. The van der Waals surface area contributed by atoms with Crippen LogP contribution in [0.2, 0.25) is 0 Å². The van der Waals surface area contributed by atoms with Crippen molar-refractivity contribution < 1.29 is 14.6 Å². The zero-order valence-corrected chi connectivity index (χ0v) is 14.0. The van der Waals surface area contributed by atoms with Crippen LogP contribution in [0.3, 0.4) is 0 Å². The normalized spacial score (nSPS) is 11.7. The molecule has 0 aliphatic carbocycles. The maximum Gasteiger partial charge on any atom is 0.147 e. The van der Waals surface area contributed by atoms with Crippen molar-refractivity contribution in [1.29, 1.82) is 0 Å². The fourth-order valence-electron chi connectivity index (χ4n) is 1.34. The minimum atomic E-state index is -0.190.